The van der Waals surface area contributed by atoms with Gasteiger partial charge in [0.25, 0.3) is 0 Å². The summed E-state index contributed by atoms with van der Waals surface area (Å²) in [4.78, 5) is 26.1. The van der Waals surface area contributed by atoms with Crippen LogP contribution in [0.5, 0.6) is 0 Å². The molecule has 184 valence electrons. The molecule has 4 heterocycles. The van der Waals surface area contributed by atoms with Gasteiger partial charge in [-0.15, -0.1) is 0 Å². The van der Waals surface area contributed by atoms with E-state index in [1.165, 1.54) is 10.6 Å². The van der Waals surface area contributed by atoms with Crippen molar-refractivity contribution < 1.29 is 17.9 Å². The van der Waals surface area contributed by atoms with Gasteiger partial charge in [0.2, 0.25) is 5.56 Å². The van der Waals surface area contributed by atoms with Crippen molar-refractivity contribution in [2.75, 3.05) is 6.61 Å². The number of rotatable bonds is 3. The Bertz CT molecular complexity index is 1390. The molecule has 0 aromatic carbocycles. The second kappa shape index (κ2) is 7.35. The number of fused-ring (bicyclic) bond motifs is 1. The maximum atomic E-state index is 13.6. The molecule has 3 aromatic rings. The van der Waals surface area contributed by atoms with E-state index in [2.05, 4.69) is 4.98 Å². The quantitative estimate of drug-likeness (QED) is 0.526. The Hall–Kier alpha value is -2.81. The molecule has 1 saturated heterocycles. The van der Waals surface area contributed by atoms with Gasteiger partial charge in [0.1, 0.15) is 5.52 Å². The van der Waals surface area contributed by atoms with Crippen LogP contribution in [-0.2, 0) is 17.2 Å². The summed E-state index contributed by atoms with van der Waals surface area (Å²) >= 11 is 0. The van der Waals surface area contributed by atoms with Gasteiger partial charge >= 0.3 is 6.18 Å². The summed E-state index contributed by atoms with van der Waals surface area (Å²) in [5.41, 5.74) is 3.20. The summed E-state index contributed by atoms with van der Waals surface area (Å²) in [6.45, 7) is 4.28. The van der Waals surface area contributed by atoms with E-state index in [0.29, 0.717) is 24.2 Å². The van der Waals surface area contributed by atoms with E-state index in [1.54, 1.807) is 19.3 Å². The number of pyridine rings is 2. The largest absolute Gasteiger partial charge is 0.394 e. The molecule has 3 saturated carbocycles. The zero-order valence-corrected chi connectivity index (χ0v) is 19.9. The molecule has 35 heavy (non-hydrogen) atoms. The second-order valence-corrected chi connectivity index (χ2v) is 10.7. The van der Waals surface area contributed by atoms with Gasteiger partial charge in [0.05, 0.1) is 22.9 Å². The maximum Gasteiger partial charge on any atom is 0.394 e. The van der Waals surface area contributed by atoms with Crippen LogP contribution in [0, 0.1) is 19.3 Å². The van der Waals surface area contributed by atoms with Gasteiger partial charge in [0, 0.05) is 42.9 Å². The summed E-state index contributed by atoms with van der Waals surface area (Å²) in [6.07, 6.45) is -0.768. The van der Waals surface area contributed by atoms with Crippen LogP contribution in [0.25, 0.3) is 11.2 Å². The van der Waals surface area contributed by atoms with Crippen LogP contribution in [0.2, 0.25) is 0 Å². The molecule has 0 radical (unpaired) electrons. The number of alkyl halides is 3. The van der Waals surface area contributed by atoms with Gasteiger partial charge in [-0.3, -0.25) is 4.79 Å². The Morgan fingerprint density at radius 2 is 1.80 bits per heavy atom. The third kappa shape index (κ3) is 3.34. The normalized spacial score (nSPS) is 30.1. The molecule has 2 atom stereocenters. The van der Waals surface area contributed by atoms with E-state index in [1.807, 2.05) is 19.9 Å². The van der Waals surface area contributed by atoms with E-state index in [9.17, 15) is 18.0 Å². The van der Waals surface area contributed by atoms with Gasteiger partial charge in [0.15, 0.2) is 5.65 Å². The van der Waals surface area contributed by atoms with E-state index in [4.69, 9.17) is 14.7 Å². The van der Waals surface area contributed by atoms with Crippen molar-refractivity contribution in [3.8, 4) is 0 Å². The number of nitrogens with zero attached hydrogens (tertiary/aromatic N) is 4. The standard InChI is InChI=1S/C26H27F3N4O2/c1-14-15(2)31-23-22(30-14)18(24-11-25(12-24,13-24)26(27,28)29)9-19(32-23)16-6-7-35-20(8-16)17-4-5-21(34)33(3)10-17/h4-5,9-10,16,20H,6-8,11-13H2,1-3H3/t16-,20+,24?,25?/m0/s1. The maximum absolute atomic E-state index is 13.6. The predicted molar refractivity (Wildman–Crippen MR) is 123 cm³/mol. The molecule has 3 aliphatic carbocycles. The molecule has 4 fully saturated rings. The minimum Gasteiger partial charge on any atom is -0.373 e. The highest BCUT2D eigenvalue weighted by molar-refractivity contribution is 5.77. The van der Waals surface area contributed by atoms with Gasteiger partial charge in [-0.1, -0.05) is 0 Å². The number of aryl methyl sites for hydroxylation is 3. The van der Waals surface area contributed by atoms with Gasteiger partial charge < -0.3 is 9.30 Å². The molecule has 9 heteroatoms. The summed E-state index contributed by atoms with van der Waals surface area (Å²) in [7, 11) is 1.71. The van der Waals surface area contributed by atoms with Crippen LogP contribution >= 0.6 is 0 Å². The minimum atomic E-state index is -4.16. The Balaban J connectivity index is 1.38. The number of hydrogen-bond donors (Lipinski definition) is 0. The smallest absolute Gasteiger partial charge is 0.373 e. The minimum absolute atomic E-state index is 0.0708. The van der Waals surface area contributed by atoms with E-state index in [-0.39, 0.29) is 36.8 Å². The lowest BCUT2D eigenvalue weighted by molar-refractivity contribution is -0.336. The number of ether oxygens (including phenoxy) is 1. The topological polar surface area (TPSA) is 69.9 Å². The van der Waals surface area contributed by atoms with Crippen molar-refractivity contribution in [3.05, 3.63) is 63.0 Å². The molecule has 0 N–H and O–H groups in total. The Kier molecular flexibility index (Phi) is 4.75. The van der Waals surface area contributed by atoms with Crippen LogP contribution in [0.1, 0.15) is 72.3 Å². The van der Waals surface area contributed by atoms with Crippen LogP contribution in [-0.4, -0.2) is 32.3 Å². The number of aromatic nitrogens is 4. The monoisotopic (exact) mass is 484 g/mol. The Morgan fingerprint density at radius 3 is 2.49 bits per heavy atom. The second-order valence-electron chi connectivity index (χ2n) is 10.7. The van der Waals surface area contributed by atoms with Crippen molar-refractivity contribution in [3.63, 3.8) is 0 Å². The van der Waals surface area contributed by atoms with Crippen molar-refractivity contribution in [2.45, 2.75) is 69.6 Å². The lowest BCUT2D eigenvalue weighted by Crippen LogP contribution is -2.70. The molecule has 0 amide bonds. The summed E-state index contributed by atoms with van der Waals surface area (Å²) < 4.78 is 48.3. The molecule has 7 rings (SSSR count). The molecule has 0 unspecified atom stereocenters. The lowest BCUT2D eigenvalue weighted by Gasteiger charge is -2.70. The van der Waals surface area contributed by atoms with E-state index < -0.39 is 17.0 Å². The fourth-order valence-electron chi connectivity index (χ4n) is 6.31. The third-order valence-electron chi connectivity index (χ3n) is 8.46. The fourth-order valence-corrected chi connectivity index (χ4v) is 6.31. The zero-order valence-electron chi connectivity index (χ0n) is 19.9. The Morgan fingerprint density at radius 1 is 1.09 bits per heavy atom. The highest BCUT2D eigenvalue weighted by Gasteiger charge is 2.79. The lowest BCUT2D eigenvalue weighted by atomic mass is 9.33. The average Bonchev–Trinajstić information content (AvgIpc) is 2.74. The third-order valence-corrected chi connectivity index (χ3v) is 8.46. The first kappa shape index (κ1) is 22.6. The predicted octanol–water partition coefficient (Wildman–Crippen LogP) is 4.96. The molecular weight excluding hydrogens is 457 g/mol. The summed E-state index contributed by atoms with van der Waals surface area (Å²) in [6, 6.07) is 5.33. The van der Waals surface area contributed by atoms with Crippen molar-refractivity contribution in [1.29, 1.82) is 0 Å². The highest BCUT2D eigenvalue weighted by atomic mass is 19.4. The van der Waals surface area contributed by atoms with E-state index >= 15 is 0 Å². The molecular formula is C26H27F3N4O2. The Labute approximate surface area is 200 Å². The summed E-state index contributed by atoms with van der Waals surface area (Å²) in [5.74, 6) is 0.0708. The molecule has 2 bridgehead atoms. The first-order valence-corrected chi connectivity index (χ1v) is 12.0. The van der Waals surface area contributed by atoms with Crippen molar-refractivity contribution >= 4 is 11.2 Å². The molecule has 4 aliphatic rings. The van der Waals surface area contributed by atoms with Crippen molar-refractivity contribution in [1.82, 2.24) is 19.5 Å². The van der Waals surface area contributed by atoms with Gasteiger partial charge in [-0.05, 0) is 69.2 Å². The van der Waals surface area contributed by atoms with Gasteiger partial charge in [-0.25, -0.2) is 15.0 Å². The number of halogens is 3. The number of hydrogen-bond acceptors (Lipinski definition) is 5. The van der Waals surface area contributed by atoms with Gasteiger partial charge in [-0.2, -0.15) is 13.2 Å². The first-order valence-electron chi connectivity index (χ1n) is 12.0. The molecule has 6 nitrogen and oxygen atoms in total. The molecule has 0 spiro atoms. The van der Waals surface area contributed by atoms with Crippen LogP contribution in [0.15, 0.2) is 29.2 Å². The SMILES string of the molecule is Cc1nc2nc([C@H]3CCO[C@@H](c4ccc(=O)n(C)c4)C3)cc(C34CC(C(F)(F)F)(C3)C4)c2nc1C. The van der Waals surface area contributed by atoms with Crippen LogP contribution < -0.4 is 5.56 Å². The van der Waals surface area contributed by atoms with Crippen LogP contribution in [0.4, 0.5) is 13.2 Å². The fraction of sp³-hybridized carbons (Fsp3) is 0.538. The average molecular weight is 485 g/mol. The molecule has 3 aromatic heterocycles. The zero-order chi connectivity index (χ0) is 24.8. The summed E-state index contributed by atoms with van der Waals surface area (Å²) in [5, 5.41) is 0. The van der Waals surface area contributed by atoms with E-state index in [0.717, 1.165) is 34.6 Å². The van der Waals surface area contributed by atoms with Crippen molar-refractivity contribution in [2.24, 2.45) is 12.5 Å². The van der Waals surface area contributed by atoms with Crippen LogP contribution in [0.3, 0.4) is 0 Å². The highest BCUT2D eigenvalue weighted by Crippen LogP contribution is 2.79. The molecule has 1 aliphatic heterocycles. The first-order chi connectivity index (χ1) is 16.5.